The molecule has 0 radical (unpaired) electrons. The molecule has 1 heterocycles. The van der Waals surface area contributed by atoms with Crippen molar-refractivity contribution in [1.82, 2.24) is 4.90 Å². The minimum atomic E-state index is -0.0133. The highest BCUT2D eigenvalue weighted by Gasteiger charge is 2.27. The summed E-state index contributed by atoms with van der Waals surface area (Å²) in [6.07, 6.45) is 2.87. The van der Waals surface area contributed by atoms with E-state index in [0.717, 1.165) is 43.4 Å². The molecule has 1 aromatic rings. The van der Waals surface area contributed by atoms with E-state index in [9.17, 15) is 0 Å². The Morgan fingerprint density at radius 1 is 1.24 bits per heavy atom. The van der Waals surface area contributed by atoms with Gasteiger partial charge in [-0.3, -0.25) is 4.90 Å². The summed E-state index contributed by atoms with van der Waals surface area (Å²) in [7, 11) is 1.72. The van der Waals surface area contributed by atoms with Crippen LogP contribution in [0.3, 0.4) is 0 Å². The summed E-state index contributed by atoms with van der Waals surface area (Å²) in [6, 6.07) is 6.24. The Morgan fingerprint density at radius 3 is 2.52 bits per heavy atom. The molecule has 4 heteroatoms. The molecule has 1 aliphatic carbocycles. The summed E-state index contributed by atoms with van der Waals surface area (Å²) in [6.45, 7) is 7.81. The molecule has 1 atom stereocenters. The van der Waals surface area contributed by atoms with Crippen LogP contribution >= 0.6 is 0 Å². The van der Waals surface area contributed by atoms with E-state index in [1.165, 1.54) is 25.1 Å². The number of piperazine rings is 1. The third kappa shape index (κ3) is 3.33. The molecule has 1 aromatic carbocycles. The third-order valence-corrected chi connectivity index (χ3v) is 4.64. The van der Waals surface area contributed by atoms with Gasteiger partial charge in [-0.05, 0) is 37.8 Å². The number of nitrogens with zero attached hydrogens (tertiary/aromatic N) is 2. The molecule has 1 saturated heterocycles. The van der Waals surface area contributed by atoms with Crippen LogP contribution in [0.5, 0.6) is 5.75 Å². The average Bonchev–Trinajstić information content (AvgIpc) is 3.31. The molecule has 116 valence electrons. The Balaban J connectivity index is 1.72. The lowest BCUT2D eigenvalue weighted by Gasteiger charge is -2.37. The fourth-order valence-corrected chi connectivity index (χ4v) is 3.28. The predicted molar refractivity (Wildman–Crippen MR) is 87.0 cm³/mol. The fraction of sp³-hybridized carbons (Fsp3) is 0.647. The molecule has 21 heavy (non-hydrogen) atoms. The molecule has 0 amide bonds. The van der Waals surface area contributed by atoms with Gasteiger partial charge in [0.15, 0.2) is 0 Å². The highest BCUT2D eigenvalue weighted by Crippen LogP contribution is 2.34. The van der Waals surface area contributed by atoms with Crippen LogP contribution in [0.2, 0.25) is 0 Å². The van der Waals surface area contributed by atoms with Crippen molar-refractivity contribution in [3.05, 3.63) is 23.8 Å². The molecular weight excluding hydrogens is 262 g/mol. The Morgan fingerprint density at radius 2 is 1.95 bits per heavy atom. The van der Waals surface area contributed by atoms with E-state index >= 15 is 0 Å². The molecule has 3 rings (SSSR count). The van der Waals surface area contributed by atoms with E-state index in [0.29, 0.717) is 0 Å². The van der Waals surface area contributed by atoms with Crippen molar-refractivity contribution < 1.29 is 4.74 Å². The molecule has 1 aliphatic heterocycles. The predicted octanol–water partition coefficient (Wildman–Crippen LogP) is 2.25. The first-order valence-corrected chi connectivity index (χ1v) is 8.09. The molecule has 4 nitrogen and oxygen atoms in total. The molecule has 0 aromatic heterocycles. The summed E-state index contributed by atoms with van der Waals surface area (Å²) < 4.78 is 5.50. The van der Waals surface area contributed by atoms with E-state index < -0.39 is 0 Å². The quantitative estimate of drug-likeness (QED) is 0.903. The van der Waals surface area contributed by atoms with E-state index in [1.54, 1.807) is 7.11 Å². The van der Waals surface area contributed by atoms with Crippen molar-refractivity contribution in [3.63, 3.8) is 0 Å². The van der Waals surface area contributed by atoms with Gasteiger partial charge in [-0.2, -0.15) is 0 Å². The summed E-state index contributed by atoms with van der Waals surface area (Å²) >= 11 is 0. The topological polar surface area (TPSA) is 41.7 Å². The second-order valence-corrected chi connectivity index (χ2v) is 6.41. The Labute approximate surface area is 127 Å². The summed E-state index contributed by atoms with van der Waals surface area (Å²) in [5.74, 6) is 1.89. The number of benzene rings is 1. The van der Waals surface area contributed by atoms with Gasteiger partial charge in [-0.25, -0.2) is 0 Å². The van der Waals surface area contributed by atoms with Gasteiger partial charge in [0.2, 0.25) is 0 Å². The smallest absolute Gasteiger partial charge is 0.125 e. The number of ether oxygens (including phenoxy) is 1. The molecule has 0 bridgehead atoms. The highest BCUT2D eigenvalue weighted by atomic mass is 16.5. The number of rotatable bonds is 5. The maximum absolute atomic E-state index is 6.18. The highest BCUT2D eigenvalue weighted by molar-refractivity contribution is 5.61. The molecule has 2 aliphatic rings. The zero-order chi connectivity index (χ0) is 14.8. The van der Waals surface area contributed by atoms with Gasteiger partial charge in [-0.1, -0.05) is 6.07 Å². The lowest BCUT2D eigenvalue weighted by atomic mass is 10.0. The van der Waals surface area contributed by atoms with Crippen molar-refractivity contribution >= 4 is 5.69 Å². The van der Waals surface area contributed by atoms with Crippen LogP contribution in [0.15, 0.2) is 18.2 Å². The summed E-state index contributed by atoms with van der Waals surface area (Å²) in [5.41, 5.74) is 8.56. The minimum absolute atomic E-state index is 0.0133. The second kappa shape index (κ2) is 6.24. The molecule has 2 N–H and O–H groups in total. The first-order chi connectivity index (χ1) is 10.2. The first-order valence-electron chi connectivity index (χ1n) is 8.09. The normalized spacial score (nSPS) is 21.4. The fourth-order valence-electron chi connectivity index (χ4n) is 3.28. The van der Waals surface area contributed by atoms with E-state index in [-0.39, 0.29) is 6.04 Å². The van der Waals surface area contributed by atoms with Gasteiger partial charge in [0.1, 0.15) is 5.75 Å². The van der Waals surface area contributed by atoms with Crippen LogP contribution in [0.1, 0.15) is 31.4 Å². The van der Waals surface area contributed by atoms with Crippen LogP contribution in [0, 0.1) is 5.92 Å². The van der Waals surface area contributed by atoms with Crippen LogP contribution < -0.4 is 15.4 Å². The molecular formula is C17H27N3O. The monoisotopic (exact) mass is 289 g/mol. The van der Waals surface area contributed by atoms with Crippen molar-refractivity contribution in [1.29, 1.82) is 0 Å². The van der Waals surface area contributed by atoms with E-state index in [2.05, 4.69) is 21.9 Å². The van der Waals surface area contributed by atoms with Crippen LogP contribution in [0.25, 0.3) is 0 Å². The van der Waals surface area contributed by atoms with Gasteiger partial charge in [0.25, 0.3) is 0 Å². The Kier molecular flexibility index (Phi) is 4.36. The van der Waals surface area contributed by atoms with E-state index in [1.807, 2.05) is 13.0 Å². The van der Waals surface area contributed by atoms with Crippen molar-refractivity contribution in [2.75, 3.05) is 44.7 Å². The molecule has 0 spiro atoms. The van der Waals surface area contributed by atoms with Crippen molar-refractivity contribution in [2.24, 2.45) is 11.7 Å². The zero-order valence-electron chi connectivity index (χ0n) is 13.2. The van der Waals surface area contributed by atoms with Gasteiger partial charge >= 0.3 is 0 Å². The van der Waals surface area contributed by atoms with Gasteiger partial charge < -0.3 is 15.4 Å². The standard InChI is InChI=1S/C17H27N3O/c1-13(18)17-15(4-3-5-16(17)21-2)20-10-8-19(9-11-20)12-14-6-7-14/h3-5,13-14H,6-12,18H2,1-2H3. The van der Waals surface area contributed by atoms with Crippen LogP contribution in [-0.2, 0) is 0 Å². The van der Waals surface area contributed by atoms with Crippen LogP contribution in [-0.4, -0.2) is 44.7 Å². The third-order valence-electron chi connectivity index (χ3n) is 4.64. The Hall–Kier alpha value is -1.26. The molecule has 2 fully saturated rings. The van der Waals surface area contributed by atoms with Crippen LogP contribution in [0.4, 0.5) is 5.69 Å². The molecule has 1 unspecified atom stereocenters. The number of hydrogen-bond donors (Lipinski definition) is 1. The van der Waals surface area contributed by atoms with Gasteiger partial charge in [0, 0.05) is 50.0 Å². The minimum Gasteiger partial charge on any atom is -0.496 e. The van der Waals surface area contributed by atoms with Gasteiger partial charge in [0.05, 0.1) is 7.11 Å². The SMILES string of the molecule is COc1cccc(N2CCN(CC3CC3)CC2)c1C(C)N. The summed E-state index contributed by atoms with van der Waals surface area (Å²) in [5, 5.41) is 0. The lowest BCUT2D eigenvalue weighted by Crippen LogP contribution is -2.47. The number of anilines is 1. The second-order valence-electron chi connectivity index (χ2n) is 6.41. The number of hydrogen-bond acceptors (Lipinski definition) is 4. The molecule has 1 saturated carbocycles. The maximum atomic E-state index is 6.18. The lowest BCUT2D eigenvalue weighted by molar-refractivity contribution is 0.248. The largest absolute Gasteiger partial charge is 0.496 e. The first kappa shape index (κ1) is 14.7. The maximum Gasteiger partial charge on any atom is 0.125 e. The average molecular weight is 289 g/mol. The van der Waals surface area contributed by atoms with Crippen molar-refractivity contribution in [2.45, 2.75) is 25.8 Å². The number of nitrogens with two attached hydrogens (primary N) is 1. The number of methoxy groups -OCH3 is 1. The van der Waals surface area contributed by atoms with Crippen molar-refractivity contribution in [3.8, 4) is 5.75 Å². The summed E-state index contributed by atoms with van der Waals surface area (Å²) in [4.78, 5) is 5.07. The van der Waals surface area contributed by atoms with E-state index in [4.69, 9.17) is 10.5 Å². The Bertz CT molecular complexity index is 477. The van der Waals surface area contributed by atoms with Gasteiger partial charge in [-0.15, -0.1) is 0 Å². The zero-order valence-corrected chi connectivity index (χ0v) is 13.2.